The number of nitrogens with two attached hydrogens (primary N) is 1. The summed E-state index contributed by atoms with van der Waals surface area (Å²) in [6.07, 6.45) is 3.69. The highest BCUT2D eigenvalue weighted by Gasteiger charge is 2.55. The number of aromatic nitrogens is 1. The number of amidine groups is 1. The van der Waals surface area contributed by atoms with Crippen LogP contribution in [0, 0.1) is 12.8 Å². The molecule has 0 bridgehead atoms. The Morgan fingerprint density at radius 3 is 2.97 bits per heavy atom. The van der Waals surface area contributed by atoms with E-state index in [0.717, 1.165) is 28.6 Å². The molecule has 2 aliphatic heterocycles. The molecule has 5 rings (SSSR count). The zero-order valence-corrected chi connectivity index (χ0v) is 17.4. The molecular formula is C20H21BrN4O4. The van der Waals surface area contributed by atoms with Crippen LogP contribution in [0.4, 0.5) is 0 Å². The van der Waals surface area contributed by atoms with E-state index in [-0.39, 0.29) is 30.0 Å². The van der Waals surface area contributed by atoms with E-state index < -0.39 is 5.54 Å². The van der Waals surface area contributed by atoms with Crippen LogP contribution in [0.15, 0.2) is 38.3 Å². The Kier molecular flexibility index (Phi) is 4.31. The number of rotatable bonds is 2. The highest BCUT2D eigenvalue weighted by atomic mass is 79.9. The number of carbonyl (C=O) groups excluding carboxylic acids is 1. The Bertz CT molecular complexity index is 1010. The number of nitrogens with one attached hydrogen (secondary N) is 1. The summed E-state index contributed by atoms with van der Waals surface area (Å²) in [7, 11) is 0. The van der Waals surface area contributed by atoms with Crippen molar-refractivity contribution in [3.8, 4) is 5.75 Å². The van der Waals surface area contributed by atoms with Gasteiger partial charge in [0.25, 0.3) is 11.9 Å². The predicted molar refractivity (Wildman–Crippen MR) is 108 cm³/mol. The number of amides is 1. The summed E-state index contributed by atoms with van der Waals surface area (Å²) in [5.41, 5.74) is 6.58. The zero-order valence-electron chi connectivity index (χ0n) is 15.9. The lowest BCUT2D eigenvalue weighted by Gasteiger charge is -2.48. The zero-order chi connectivity index (χ0) is 20.2. The number of hydrogen-bond acceptors (Lipinski definition) is 7. The van der Waals surface area contributed by atoms with Gasteiger partial charge in [0.05, 0.1) is 0 Å². The maximum atomic E-state index is 12.6. The van der Waals surface area contributed by atoms with Crippen LogP contribution in [0.2, 0.25) is 0 Å². The molecule has 9 heteroatoms. The molecule has 152 valence electrons. The first-order valence-corrected chi connectivity index (χ1v) is 10.4. The van der Waals surface area contributed by atoms with Crippen LogP contribution in [0.25, 0.3) is 0 Å². The van der Waals surface area contributed by atoms with Crippen molar-refractivity contribution in [2.75, 3.05) is 6.61 Å². The number of oxazole rings is 1. The Morgan fingerprint density at radius 1 is 1.38 bits per heavy atom. The molecule has 0 saturated heterocycles. The van der Waals surface area contributed by atoms with Crippen molar-refractivity contribution in [1.29, 1.82) is 0 Å². The molecule has 3 heterocycles. The molecule has 1 spiro atoms. The van der Waals surface area contributed by atoms with Gasteiger partial charge in [0, 0.05) is 28.9 Å². The van der Waals surface area contributed by atoms with E-state index in [4.69, 9.17) is 24.6 Å². The van der Waals surface area contributed by atoms with Crippen LogP contribution in [0.3, 0.4) is 0 Å². The predicted octanol–water partition coefficient (Wildman–Crippen LogP) is 2.65. The molecule has 1 fully saturated rings. The average molecular weight is 461 g/mol. The van der Waals surface area contributed by atoms with Crippen molar-refractivity contribution in [2.45, 2.75) is 43.9 Å². The van der Waals surface area contributed by atoms with E-state index in [0.29, 0.717) is 24.6 Å². The van der Waals surface area contributed by atoms with Crippen molar-refractivity contribution in [3.63, 3.8) is 0 Å². The van der Waals surface area contributed by atoms with Crippen molar-refractivity contribution in [3.05, 3.63) is 46.1 Å². The Morgan fingerprint density at radius 2 is 2.24 bits per heavy atom. The molecule has 4 atom stereocenters. The van der Waals surface area contributed by atoms with Gasteiger partial charge >= 0.3 is 0 Å². The summed E-state index contributed by atoms with van der Waals surface area (Å²) in [6.45, 7) is 2.08. The largest absolute Gasteiger partial charge is 0.490 e. The number of aryl methyl sites for hydroxylation is 1. The minimum Gasteiger partial charge on any atom is -0.490 e. The maximum Gasteiger partial charge on any atom is 0.283 e. The molecule has 8 nitrogen and oxygen atoms in total. The van der Waals surface area contributed by atoms with E-state index >= 15 is 0 Å². The second-order valence-corrected chi connectivity index (χ2v) is 8.72. The molecule has 1 unspecified atom stereocenters. The summed E-state index contributed by atoms with van der Waals surface area (Å²) in [5.74, 6) is 1.08. The van der Waals surface area contributed by atoms with Gasteiger partial charge in [-0.3, -0.25) is 4.79 Å². The van der Waals surface area contributed by atoms with E-state index in [1.54, 1.807) is 6.92 Å². The van der Waals surface area contributed by atoms with Crippen LogP contribution in [0.5, 0.6) is 5.75 Å². The van der Waals surface area contributed by atoms with Gasteiger partial charge < -0.3 is 24.9 Å². The standard InChI is InChI=1S/C20H21BrN4O4/c1-10-23-15(8-27-10)18(26)24-12-3-5-17-14(7-12)20(9-28-19(22)25-20)13-6-11(21)2-4-16(13)29-17/h2,4,6,8,12,14,17H,3,5,7,9H2,1H3,(H2,22,25)(H,24,26)/t12-,14+,17+,20?/m0/s1. The summed E-state index contributed by atoms with van der Waals surface area (Å²) in [4.78, 5) is 21.4. The van der Waals surface area contributed by atoms with Crippen molar-refractivity contribution in [2.24, 2.45) is 16.6 Å². The molecule has 1 aliphatic carbocycles. The van der Waals surface area contributed by atoms with Crippen LogP contribution in [0.1, 0.15) is 41.2 Å². The third-order valence-corrected chi connectivity index (χ3v) is 6.52. The first-order valence-electron chi connectivity index (χ1n) is 9.62. The third-order valence-electron chi connectivity index (χ3n) is 6.02. The first kappa shape index (κ1) is 18.5. The fraction of sp³-hybridized carbons (Fsp3) is 0.450. The highest BCUT2D eigenvalue weighted by Crippen LogP contribution is 2.52. The fourth-order valence-electron chi connectivity index (χ4n) is 4.72. The Labute approximate surface area is 176 Å². The maximum absolute atomic E-state index is 12.6. The quantitative estimate of drug-likeness (QED) is 0.712. The second kappa shape index (κ2) is 6.76. The highest BCUT2D eigenvalue weighted by molar-refractivity contribution is 9.10. The molecule has 2 aromatic rings. The lowest BCUT2D eigenvalue weighted by molar-refractivity contribution is -0.00194. The van der Waals surface area contributed by atoms with Crippen molar-refractivity contribution < 1.29 is 18.7 Å². The van der Waals surface area contributed by atoms with E-state index in [1.807, 2.05) is 18.2 Å². The van der Waals surface area contributed by atoms with Crippen LogP contribution in [-0.4, -0.2) is 35.7 Å². The molecule has 1 aromatic heterocycles. The van der Waals surface area contributed by atoms with Gasteiger partial charge in [0.1, 0.15) is 30.3 Å². The van der Waals surface area contributed by atoms with E-state index in [2.05, 4.69) is 26.2 Å². The number of halogens is 1. The molecule has 29 heavy (non-hydrogen) atoms. The summed E-state index contributed by atoms with van der Waals surface area (Å²) >= 11 is 3.55. The summed E-state index contributed by atoms with van der Waals surface area (Å²) < 4.78 is 18.1. The normalized spacial score (nSPS) is 30.0. The van der Waals surface area contributed by atoms with E-state index in [1.165, 1.54) is 6.26 Å². The first-order chi connectivity index (χ1) is 13.9. The van der Waals surface area contributed by atoms with Crippen molar-refractivity contribution >= 4 is 27.9 Å². The molecule has 3 aliphatic rings. The molecule has 1 saturated carbocycles. The molecule has 1 aromatic carbocycles. The number of hydrogen-bond donors (Lipinski definition) is 2. The minimum atomic E-state index is -0.611. The number of aliphatic imine (C=N–C) groups is 1. The second-order valence-electron chi connectivity index (χ2n) is 7.80. The lowest BCUT2D eigenvalue weighted by Crippen LogP contribution is -2.54. The van der Waals surface area contributed by atoms with Crippen molar-refractivity contribution in [1.82, 2.24) is 10.3 Å². The molecular weight excluding hydrogens is 440 g/mol. The van der Waals surface area contributed by atoms with Gasteiger partial charge in [0.15, 0.2) is 11.6 Å². The fourth-order valence-corrected chi connectivity index (χ4v) is 5.08. The summed E-state index contributed by atoms with van der Waals surface area (Å²) in [6, 6.07) is 6.12. The van der Waals surface area contributed by atoms with Gasteiger partial charge in [-0.1, -0.05) is 15.9 Å². The monoisotopic (exact) mass is 460 g/mol. The smallest absolute Gasteiger partial charge is 0.283 e. The number of nitrogens with zero attached hydrogens (tertiary/aromatic N) is 2. The van der Waals surface area contributed by atoms with Crippen LogP contribution < -0.4 is 15.8 Å². The van der Waals surface area contributed by atoms with Gasteiger partial charge in [-0.25, -0.2) is 9.98 Å². The number of benzene rings is 1. The van der Waals surface area contributed by atoms with Gasteiger partial charge in [-0.2, -0.15) is 0 Å². The lowest BCUT2D eigenvalue weighted by atomic mass is 9.67. The molecule has 1 amide bonds. The van der Waals surface area contributed by atoms with Gasteiger partial charge in [-0.15, -0.1) is 0 Å². The molecule has 0 radical (unpaired) electrons. The summed E-state index contributed by atoms with van der Waals surface area (Å²) in [5, 5.41) is 3.09. The molecule has 3 N–H and O–H groups in total. The number of carbonyl (C=O) groups is 1. The average Bonchev–Trinajstić information content (AvgIpc) is 3.30. The Hall–Kier alpha value is -2.55. The van der Waals surface area contributed by atoms with Gasteiger partial charge in [0.2, 0.25) is 0 Å². The SMILES string of the molecule is Cc1nc(C(=O)N[C@H]2CC[C@H]3Oc4ccc(Br)cc4C4(COC(N)=N4)[C@@H]3C2)co1. The number of fused-ring (bicyclic) bond motifs is 4. The van der Waals surface area contributed by atoms with Crippen LogP contribution >= 0.6 is 15.9 Å². The Balaban J connectivity index is 1.45. The number of ether oxygens (including phenoxy) is 2. The van der Waals surface area contributed by atoms with Gasteiger partial charge in [-0.05, 0) is 37.5 Å². The third kappa shape index (κ3) is 3.08. The van der Waals surface area contributed by atoms with E-state index in [9.17, 15) is 4.79 Å². The topological polar surface area (TPSA) is 112 Å². The minimum absolute atomic E-state index is 0.00984. The van der Waals surface area contributed by atoms with Crippen LogP contribution in [-0.2, 0) is 10.3 Å².